The lowest BCUT2D eigenvalue weighted by Gasteiger charge is -2.14. The van der Waals surface area contributed by atoms with Crippen molar-refractivity contribution in [1.29, 1.82) is 0 Å². The molecule has 0 spiro atoms. The summed E-state index contributed by atoms with van der Waals surface area (Å²) >= 11 is 0. The molecule has 2 aromatic heterocycles. The fourth-order valence-corrected chi connectivity index (χ4v) is 5.94. The highest BCUT2D eigenvalue weighted by Gasteiger charge is 2.48. The Balaban J connectivity index is 1.73. The molecule has 0 N–H and O–H groups in total. The molecule has 4 aromatic rings. The molecule has 0 radical (unpaired) electrons. The summed E-state index contributed by atoms with van der Waals surface area (Å²) in [7, 11) is -9.74. The molecule has 39 heavy (non-hydrogen) atoms. The minimum atomic E-state index is -5.80. The molecule has 0 aliphatic carbocycles. The van der Waals surface area contributed by atoms with Gasteiger partial charge in [-0.15, -0.1) is 0 Å². The molecule has 0 fully saturated rings. The molecule has 0 aliphatic rings. The molecule has 0 saturated heterocycles. The Hall–Kier alpha value is -3.45. The third-order valence-corrected chi connectivity index (χ3v) is 8.90. The second-order valence-electron chi connectivity index (χ2n) is 9.58. The first-order valence-corrected chi connectivity index (χ1v) is 14.7. The molecule has 4 rings (SSSR count). The molecular weight excluding hydrogens is 555 g/mol. The number of aromatic nitrogens is 3. The minimum Gasteiger partial charge on any atom is -0.376 e. The largest absolute Gasteiger partial charge is 0.534 e. The van der Waals surface area contributed by atoms with Crippen LogP contribution in [-0.2, 0) is 26.6 Å². The Morgan fingerprint density at radius 2 is 1.56 bits per heavy atom. The molecule has 0 aliphatic heterocycles. The summed E-state index contributed by atoms with van der Waals surface area (Å²) in [5.74, 6) is -0.518. The molecule has 2 heterocycles. The van der Waals surface area contributed by atoms with E-state index in [0.29, 0.717) is 33.5 Å². The Morgan fingerprint density at radius 3 is 2.10 bits per heavy atom. The van der Waals surface area contributed by atoms with Crippen LogP contribution in [0.15, 0.2) is 53.7 Å². The van der Waals surface area contributed by atoms with E-state index < -0.39 is 31.4 Å². The summed E-state index contributed by atoms with van der Waals surface area (Å²) < 4.78 is 93.2. The monoisotopic (exact) mass is 581 g/mol. The van der Waals surface area contributed by atoms with Crippen molar-refractivity contribution in [2.45, 2.75) is 57.4 Å². The molecule has 0 bridgehead atoms. The van der Waals surface area contributed by atoms with Crippen molar-refractivity contribution in [3.8, 4) is 5.75 Å². The van der Waals surface area contributed by atoms with Gasteiger partial charge in [-0.2, -0.15) is 21.6 Å². The standard InChI is InChI=1S/C26H26F3N3O5S2/c1-15(2)23-14-32(38(33,34)21-8-6-16(3)7-9-21)25-24(23)31-19(13-30-25)12-22-17(4)10-20(11-18(22)5)37-39(35,36)26(27,28)29/h6-11,13-15H,12H2,1-5H3. The van der Waals surface area contributed by atoms with Crippen molar-refractivity contribution in [2.75, 3.05) is 0 Å². The SMILES string of the molecule is Cc1ccc(S(=O)(=O)n2cc(C(C)C)c3nc(Cc4c(C)cc(OS(=O)(=O)C(F)(F)F)cc4C)cnc32)cc1. The number of hydrogen-bond donors (Lipinski definition) is 0. The number of rotatable bonds is 7. The van der Waals surface area contributed by atoms with E-state index in [9.17, 15) is 30.0 Å². The number of fused-ring (bicyclic) bond motifs is 1. The fourth-order valence-electron chi connectivity index (χ4n) is 4.17. The third kappa shape index (κ3) is 5.50. The number of aryl methyl sites for hydroxylation is 3. The lowest BCUT2D eigenvalue weighted by Crippen LogP contribution is -2.28. The highest BCUT2D eigenvalue weighted by atomic mass is 32.2. The van der Waals surface area contributed by atoms with Crippen molar-refractivity contribution in [1.82, 2.24) is 13.9 Å². The molecule has 8 nitrogen and oxygen atoms in total. The predicted molar refractivity (Wildman–Crippen MR) is 140 cm³/mol. The van der Waals surface area contributed by atoms with Crippen LogP contribution in [0.1, 0.15) is 53.3 Å². The van der Waals surface area contributed by atoms with Crippen molar-refractivity contribution in [3.63, 3.8) is 0 Å². The van der Waals surface area contributed by atoms with Gasteiger partial charge in [0.15, 0.2) is 5.65 Å². The van der Waals surface area contributed by atoms with Crippen molar-refractivity contribution >= 4 is 31.3 Å². The molecule has 13 heteroatoms. The van der Waals surface area contributed by atoms with Crippen LogP contribution in [0.2, 0.25) is 0 Å². The third-order valence-electron chi connectivity index (χ3n) is 6.26. The number of alkyl halides is 3. The number of hydrogen-bond acceptors (Lipinski definition) is 7. The number of benzene rings is 2. The van der Waals surface area contributed by atoms with Crippen LogP contribution in [0.4, 0.5) is 13.2 Å². The zero-order valence-corrected chi connectivity index (χ0v) is 23.4. The van der Waals surface area contributed by atoms with Crippen molar-refractivity contribution in [2.24, 2.45) is 0 Å². The number of nitrogens with zero attached hydrogens (tertiary/aromatic N) is 3. The normalized spacial score (nSPS) is 12.8. The van der Waals surface area contributed by atoms with Gasteiger partial charge in [-0.25, -0.2) is 22.4 Å². The molecular formula is C26H26F3N3O5S2. The summed E-state index contributed by atoms with van der Waals surface area (Å²) in [6.45, 7) is 8.92. The summed E-state index contributed by atoms with van der Waals surface area (Å²) in [5.41, 5.74) is -1.16. The van der Waals surface area contributed by atoms with Crippen LogP contribution in [0, 0.1) is 20.8 Å². The Bertz CT molecular complexity index is 1760. The van der Waals surface area contributed by atoms with Crippen LogP contribution in [0.5, 0.6) is 5.75 Å². The van der Waals surface area contributed by atoms with E-state index in [1.807, 2.05) is 20.8 Å². The molecule has 2 aromatic carbocycles. The second kappa shape index (κ2) is 9.94. The average molecular weight is 582 g/mol. The molecule has 208 valence electrons. The van der Waals surface area contributed by atoms with E-state index in [0.717, 1.165) is 9.54 Å². The van der Waals surface area contributed by atoms with Gasteiger partial charge in [0.1, 0.15) is 11.3 Å². The lowest BCUT2D eigenvalue weighted by atomic mass is 9.98. The van der Waals surface area contributed by atoms with Gasteiger partial charge in [0.25, 0.3) is 10.0 Å². The predicted octanol–water partition coefficient (Wildman–Crippen LogP) is 5.54. The first kappa shape index (κ1) is 28.6. The summed E-state index contributed by atoms with van der Waals surface area (Å²) in [6.07, 6.45) is 3.20. The second-order valence-corrected chi connectivity index (χ2v) is 12.9. The zero-order valence-electron chi connectivity index (χ0n) is 21.7. The molecule has 0 amide bonds. The van der Waals surface area contributed by atoms with Crippen LogP contribution in [-0.4, -0.2) is 36.3 Å². The zero-order chi connectivity index (χ0) is 28.9. The fraction of sp³-hybridized carbons (Fsp3) is 0.308. The topological polar surface area (TPSA) is 108 Å². The van der Waals surface area contributed by atoms with E-state index in [4.69, 9.17) is 4.98 Å². The number of halogens is 3. The lowest BCUT2D eigenvalue weighted by molar-refractivity contribution is -0.0500. The highest BCUT2D eigenvalue weighted by Crippen LogP contribution is 2.32. The molecule has 0 atom stereocenters. The maximum absolute atomic E-state index is 13.4. The van der Waals surface area contributed by atoms with E-state index in [2.05, 4.69) is 9.17 Å². The van der Waals surface area contributed by atoms with Gasteiger partial charge in [-0.1, -0.05) is 31.5 Å². The molecule has 0 unspecified atom stereocenters. The van der Waals surface area contributed by atoms with Crippen LogP contribution in [0.25, 0.3) is 11.2 Å². The van der Waals surface area contributed by atoms with Gasteiger partial charge < -0.3 is 4.18 Å². The summed E-state index contributed by atoms with van der Waals surface area (Å²) in [6, 6.07) is 8.92. The van der Waals surface area contributed by atoms with Gasteiger partial charge in [0.05, 0.1) is 16.8 Å². The Morgan fingerprint density at radius 1 is 0.974 bits per heavy atom. The van der Waals surface area contributed by atoms with Crippen molar-refractivity contribution in [3.05, 3.63) is 82.3 Å². The Labute approximate surface area is 224 Å². The first-order valence-electron chi connectivity index (χ1n) is 11.8. The van der Waals surface area contributed by atoms with E-state index in [1.165, 1.54) is 36.7 Å². The van der Waals surface area contributed by atoms with Crippen LogP contribution in [0.3, 0.4) is 0 Å². The summed E-state index contributed by atoms with van der Waals surface area (Å²) in [5, 5.41) is 0. The van der Waals surface area contributed by atoms with Gasteiger partial charge in [-0.05, 0) is 67.6 Å². The first-order chi connectivity index (χ1) is 18.0. The van der Waals surface area contributed by atoms with E-state index >= 15 is 0 Å². The maximum Gasteiger partial charge on any atom is 0.534 e. The molecule has 0 saturated carbocycles. The maximum atomic E-state index is 13.4. The van der Waals surface area contributed by atoms with Crippen LogP contribution < -0.4 is 4.18 Å². The Kier molecular flexibility index (Phi) is 7.28. The highest BCUT2D eigenvalue weighted by molar-refractivity contribution is 7.90. The van der Waals surface area contributed by atoms with Crippen LogP contribution >= 0.6 is 0 Å². The summed E-state index contributed by atoms with van der Waals surface area (Å²) in [4.78, 5) is 9.26. The van der Waals surface area contributed by atoms with Gasteiger partial charge in [0, 0.05) is 18.2 Å². The van der Waals surface area contributed by atoms with Gasteiger partial charge in [-0.3, -0.25) is 0 Å². The van der Waals surface area contributed by atoms with Crippen molar-refractivity contribution < 1.29 is 34.2 Å². The quantitative estimate of drug-likeness (QED) is 0.208. The average Bonchev–Trinajstić information content (AvgIpc) is 3.21. The van der Waals surface area contributed by atoms with Gasteiger partial charge in [0.2, 0.25) is 0 Å². The minimum absolute atomic E-state index is 0.0676. The smallest absolute Gasteiger partial charge is 0.376 e. The van der Waals surface area contributed by atoms with E-state index in [-0.39, 0.29) is 22.9 Å². The van der Waals surface area contributed by atoms with E-state index in [1.54, 1.807) is 26.0 Å². The van der Waals surface area contributed by atoms with Gasteiger partial charge >= 0.3 is 15.6 Å².